The highest BCUT2D eigenvalue weighted by molar-refractivity contribution is 7.91. The molecule has 2 heterocycles. The molecule has 1 aromatic rings. The Labute approximate surface area is 119 Å². The molecule has 3 nitrogen and oxygen atoms in total. The molecule has 2 fully saturated rings. The van der Waals surface area contributed by atoms with Crippen molar-refractivity contribution in [1.82, 2.24) is 5.32 Å². The van der Waals surface area contributed by atoms with E-state index in [1.165, 1.54) is 17.7 Å². The SMILES string of the molecule is O=S1(=O)CCC(C(CNC2CC2)Cc2cccs2)C1. The average molecular weight is 299 g/mol. The summed E-state index contributed by atoms with van der Waals surface area (Å²) in [5.74, 6) is 1.60. The monoisotopic (exact) mass is 299 g/mol. The molecule has 5 heteroatoms. The lowest BCUT2D eigenvalue weighted by Crippen LogP contribution is -2.31. The predicted octanol–water partition coefficient (Wildman–Crippen LogP) is 2.09. The second kappa shape index (κ2) is 5.54. The molecule has 0 radical (unpaired) electrons. The molecule has 3 rings (SSSR count). The lowest BCUT2D eigenvalue weighted by Gasteiger charge is -2.22. The minimum Gasteiger partial charge on any atom is -0.314 e. The average Bonchev–Trinajstić information content (AvgIpc) is 2.91. The molecule has 1 saturated heterocycles. The summed E-state index contributed by atoms with van der Waals surface area (Å²) in [6, 6.07) is 4.94. The van der Waals surface area contributed by atoms with Crippen molar-refractivity contribution >= 4 is 21.2 Å². The number of rotatable bonds is 6. The van der Waals surface area contributed by atoms with Crippen molar-refractivity contribution in [2.45, 2.75) is 31.7 Å². The van der Waals surface area contributed by atoms with Crippen LogP contribution in [0.25, 0.3) is 0 Å². The van der Waals surface area contributed by atoms with Crippen LogP contribution in [0.15, 0.2) is 17.5 Å². The van der Waals surface area contributed by atoms with Crippen molar-refractivity contribution in [2.75, 3.05) is 18.1 Å². The number of sulfone groups is 1. The van der Waals surface area contributed by atoms with Crippen LogP contribution in [0.1, 0.15) is 24.1 Å². The molecule has 2 unspecified atom stereocenters. The van der Waals surface area contributed by atoms with E-state index in [0.29, 0.717) is 29.4 Å². The smallest absolute Gasteiger partial charge is 0.150 e. The molecule has 0 aromatic carbocycles. The van der Waals surface area contributed by atoms with Crippen molar-refractivity contribution in [2.24, 2.45) is 11.8 Å². The molecule has 1 aliphatic carbocycles. The quantitative estimate of drug-likeness (QED) is 0.875. The second-order valence-electron chi connectivity index (χ2n) is 5.89. The van der Waals surface area contributed by atoms with Crippen LogP contribution in [0.4, 0.5) is 0 Å². The zero-order valence-corrected chi connectivity index (χ0v) is 12.7. The molecule has 1 saturated carbocycles. The molecular formula is C14H21NO2S2. The largest absolute Gasteiger partial charge is 0.314 e. The summed E-state index contributed by atoms with van der Waals surface area (Å²) in [5.41, 5.74) is 0. The number of thiophene rings is 1. The van der Waals surface area contributed by atoms with Gasteiger partial charge in [0.25, 0.3) is 0 Å². The van der Waals surface area contributed by atoms with E-state index in [-0.39, 0.29) is 0 Å². The Bertz CT molecular complexity index is 506. The highest BCUT2D eigenvalue weighted by Gasteiger charge is 2.34. The first kappa shape index (κ1) is 13.6. The van der Waals surface area contributed by atoms with Crippen LogP contribution in [0.2, 0.25) is 0 Å². The Balaban J connectivity index is 1.64. The van der Waals surface area contributed by atoms with E-state index in [9.17, 15) is 8.42 Å². The van der Waals surface area contributed by atoms with Crippen LogP contribution in [0.3, 0.4) is 0 Å². The van der Waals surface area contributed by atoms with Gasteiger partial charge in [0.1, 0.15) is 0 Å². The fourth-order valence-electron chi connectivity index (χ4n) is 2.89. The molecule has 1 aliphatic heterocycles. The molecule has 19 heavy (non-hydrogen) atoms. The van der Waals surface area contributed by atoms with Crippen molar-refractivity contribution in [3.63, 3.8) is 0 Å². The Morgan fingerprint density at radius 3 is 2.79 bits per heavy atom. The molecular weight excluding hydrogens is 278 g/mol. The summed E-state index contributed by atoms with van der Waals surface area (Å²) in [7, 11) is -2.77. The summed E-state index contributed by atoms with van der Waals surface area (Å²) in [5, 5.41) is 5.69. The highest BCUT2D eigenvalue weighted by atomic mass is 32.2. The van der Waals surface area contributed by atoms with Crippen LogP contribution >= 0.6 is 11.3 Å². The summed E-state index contributed by atoms with van der Waals surface area (Å²) < 4.78 is 23.4. The summed E-state index contributed by atoms with van der Waals surface area (Å²) in [6.07, 6.45) is 4.45. The van der Waals surface area contributed by atoms with E-state index in [4.69, 9.17) is 0 Å². The summed E-state index contributed by atoms with van der Waals surface area (Å²) in [6.45, 7) is 0.975. The van der Waals surface area contributed by atoms with Gasteiger partial charge >= 0.3 is 0 Å². The zero-order chi connectivity index (χ0) is 13.3. The van der Waals surface area contributed by atoms with Gasteiger partial charge in [0.15, 0.2) is 9.84 Å². The fourth-order valence-corrected chi connectivity index (χ4v) is 5.61. The van der Waals surface area contributed by atoms with Crippen LogP contribution in [0.5, 0.6) is 0 Å². The number of hydrogen-bond donors (Lipinski definition) is 1. The minimum absolute atomic E-state index is 0.346. The van der Waals surface area contributed by atoms with E-state index < -0.39 is 9.84 Å². The zero-order valence-electron chi connectivity index (χ0n) is 11.0. The van der Waals surface area contributed by atoms with Gasteiger partial charge in [-0.3, -0.25) is 0 Å². The van der Waals surface area contributed by atoms with Gasteiger partial charge in [0.05, 0.1) is 11.5 Å². The van der Waals surface area contributed by atoms with Gasteiger partial charge in [0, 0.05) is 10.9 Å². The van der Waals surface area contributed by atoms with Gasteiger partial charge in [-0.2, -0.15) is 0 Å². The molecule has 1 aromatic heterocycles. The van der Waals surface area contributed by atoms with Crippen LogP contribution < -0.4 is 5.32 Å². The lowest BCUT2D eigenvalue weighted by molar-refractivity contribution is 0.344. The highest BCUT2D eigenvalue weighted by Crippen LogP contribution is 2.30. The van der Waals surface area contributed by atoms with Crippen LogP contribution in [0, 0.1) is 11.8 Å². The van der Waals surface area contributed by atoms with E-state index >= 15 is 0 Å². The number of hydrogen-bond acceptors (Lipinski definition) is 4. The first-order valence-electron chi connectivity index (χ1n) is 7.08. The van der Waals surface area contributed by atoms with Crippen molar-refractivity contribution in [3.8, 4) is 0 Å². The molecule has 0 spiro atoms. The Morgan fingerprint density at radius 2 is 2.21 bits per heavy atom. The second-order valence-corrected chi connectivity index (χ2v) is 9.15. The normalized spacial score (nSPS) is 27.5. The molecule has 2 aliphatic rings. The van der Waals surface area contributed by atoms with Gasteiger partial charge in [-0.25, -0.2) is 8.42 Å². The van der Waals surface area contributed by atoms with Crippen molar-refractivity contribution in [1.29, 1.82) is 0 Å². The van der Waals surface area contributed by atoms with Crippen LogP contribution in [-0.2, 0) is 16.3 Å². The Hall–Kier alpha value is -0.390. The maximum Gasteiger partial charge on any atom is 0.150 e. The predicted molar refractivity (Wildman–Crippen MR) is 79.3 cm³/mol. The third kappa shape index (κ3) is 3.80. The van der Waals surface area contributed by atoms with Gasteiger partial charge in [-0.15, -0.1) is 11.3 Å². The van der Waals surface area contributed by atoms with Crippen molar-refractivity contribution < 1.29 is 8.42 Å². The van der Waals surface area contributed by atoms with Gasteiger partial charge < -0.3 is 5.32 Å². The summed E-state index contributed by atoms with van der Waals surface area (Å²) >= 11 is 1.78. The van der Waals surface area contributed by atoms with E-state index in [0.717, 1.165) is 19.4 Å². The third-order valence-electron chi connectivity index (χ3n) is 4.22. The number of nitrogens with one attached hydrogen (secondary N) is 1. The van der Waals surface area contributed by atoms with Crippen LogP contribution in [-0.4, -0.2) is 32.5 Å². The van der Waals surface area contributed by atoms with E-state index in [1.807, 2.05) is 0 Å². The molecule has 0 bridgehead atoms. The Kier molecular flexibility index (Phi) is 3.96. The van der Waals surface area contributed by atoms with Gasteiger partial charge in [0.2, 0.25) is 0 Å². The van der Waals surface area contributed by atoms with E-state index in [1.54, 1.807) is 11.3 Å². The summed E-state index contributed by atoms with van der Waals surface area (Å²) in [4.78, 5) is 1.38. The standard InChI is InChI=1S/C14H21NO2S2/c16-19(17)7-5-11(10-19)12(9-15-13-3-4-13)8-14-2-1-6-18-14/h1-2,6,11-13,15H,3-5,7-10H2. The maximum atomic E-state index is 11.7. The lowest BCUT2D eigenvalue weighted by atomic mass is 9.88. The molecule has 0 amide bonds. The molecule has 1 N–H and O–H groups in total. The molecule has 2 atom stereocenters. The molecule has 106 valence electrons. The topological polar surface area (TPSA) is 46.2 Å². The van der Waals surface area contributed by atoms with Crippen molar-refractivity contribution in [3.05, 3.63) is 22.4 Å². The third-order valence-corrected chi connectivity index (χ3v) is 6.92. The van der Waals surface area contributed by atoms with Gasteiger partial charge in [-0.05, 0) is 55.5 Å². The Morgan fingerprint density at radius 1 is 1.37 bits per heavy atom. The first-order valence-corrected chi connectivity index (χ1v) is 9.79. The van der Waals surface area contributed by atoms with Gasteiger partial charge in [-0.1, -0.05) is 6.07 Å². The minimum atomic E-state index is -2.77. The van der Waals surface area contributed by atoms with E-state index in [2.05, 4.69) is 22.8 Å². The fraction of sp³-hybridized carbons (Fsp3) is 0.714. The first-order chi connectivity index (χ1) is 9.12. The maximum absolute atomic E-state index is 11.7.